The first-order valence-electron chi connectivity index (χ1n) is 4.65. The molecule has 0 atom stereocenters. The Kier molecular flexibility index (Phi) is 3.78. The lowest BCUT2D eigenvalue weighted by atomic mass is 10.1. The molecule has 0 aliphatic rings. The van der Waals surface area contributed by atoms with Gasteiger partial charge in [0.2, 0.25) is 0 Å². The van der Waals surface area contributed by atoms with Gasteiger partial charge in [-0.1, -0.05) is 0 Å². The number of ether oxygens (including phenoxy) is 1. The smallest absolute Gasteiger partial charge is 0.345 e. The zero-order valence-corrected chi connectivity index (χ0v) is 9.17. The minimum atomic E-state index is -1.39. The van der Waals surface area contributed by atoms with E-state index in [9.17, 15) is 19.2 Å². The quantitative estimate of drug-likeness (QED) is 0.602. The number of benzene rings is 1. The second kappa shape index (κ2) is 5.09. The van der Waals surface area contributed by atoms with E-state index in [0.717, 1.165) is 25.1 Å². The SMILES string of the molecule is CC(=O)OC(=O)c1cc(C(=O)O)cc(C(=O)O)c1. The summed E-state index contributed by atoms with van der Waals surface area (Å²) in [6.45, 7) is 0.997. The summed E-state index contributed by atoms with van der Waals surface area (Å²) >= 11 is 0. The second-order valence-electron chi connectivity index (χ2n) is 3.29. The molecule has 0 aliphatic heterocycles. The molecule has 0 aromatic heterocycles. The van der Waals surface area contributed by atoms with E-state index in [1.807, 2.05) is 0 Å². The molecule has 0 saturated carbocycles. The maximum absolute atomic E-state index is 11.4. The van der Waals surface area contributed by atoms with Crippen LogP contribution in [0.3, 0.4) is 0 Å². The predicted molar refractivity (Wildman–Crippen MR) is 56.5 cm³/mol. The van der Waals surface area contributed by atoms with Gasteiger partial charge < -0.3 is 14.9 Å². The van der Waals surface area contributed by atoms with Crippen LogP contribution in [0.1, 0.15) is 38.0 Å². The van der Waals surface area contributed by atoms with Gasteiger partial charge in [-0.05, 0) is 18.2 Å². The predicted octanol–water partition coefficient (Wildman–Crippen LogP) is 0.786. The third kappa shape index (κ3) is 3.14. The van der Waals surface area contributed by atoms with Gasteiger partial charge in [0.25, 0.3) is 0 Å². The van der Waals surface area contributed by atoms with E-state index in [0.29, 0.717) is 0 Å². The molecule has 0 amide bonds. The Morgan fingerprint density at radius 1 is 0.889 bits per heavy atom. The molecule has 1 aromatic carbocycles. The number of carboxylic acid groups (broad SMARTS) is 2. The molecule has 0 spiro atoms. The summed E-state index contributed by atoms with van der Waals surface area (Å²) in [5.74, 6) is -4.77. The van der Waals surface area contributed by atoms with E-state index in [-0.39, 0.29) is 16.7 Å². The highest BCUT2D eigenvalue weighted by Crippen LogP contribution is 2.12. The molecule has 0 aliphatic carbocycles. The van der Waals surface area contributed by atoms with E-state index in [2.05, 4.69) is 4.74 Å². The molecule has 1 aromatic rings. The fourth-order valence-electron chi connectivity index (χ4n) is 1.18. The van der Waals surface area contributed by atoms with Crippen molar-refractivity contribution in [3.63, 3.8) is 0 Å². The lowest BCUT2D eigenvalue weighted by molar-refractivity contribution is -0.135. The van der Waals surface area contributed by atoms with Crippen molar-refractivity contribution in [2.24, 2.45) is 0 Å². The fraction of sp³-hybridized carbons (Fsp3) is 0.0909. The van der Waals surface area contributed by atoms with Crippen molar-refractivity contribution < 1.29 is 34.1 Å². The minimum absolute atomic E-state index is 0.317. The summed E-state index contributed by atoms with van der Waals surface area (Å²) < 4.78 is 4.24. The number of aromatic carboxylic acids is 2. The lowest BCUT2D eigenvalue weighted by Crippen LogP contribution is -2.12. The molecule has 0 heterocycles. The molecule has 1 rings (SSSR count). The summed E-state index contributed by atoms with van der Waals surface area (Å²) in [5.41, 5.74) is -1.08. The maximum atomic E-state index is 11.4. The summed E-state index contributed by atoms with van der Waals surface area (Å²) in [5, 5.41) is 17.5. The molecule has 7 nitrogen and oxygen atoms in total. The Morgan fingerprint density at radius 3 is 1.61 bits per heavy atom. The van der Waals surface area contributed by atoms with Gasteiger partial charge in [0.1, 0.15) is 0 Å². The first kappa shape index (κ1) is 13.4. The van der Waals surface area contributed by atoms with Gasteiger partial charge in [0, 0.05) is 6.92 Å². The number of carbonyl (C=O) groups is 4. The number of carbonyl (C=O) groups excluding carboxylic acids is 2. The Bertz CT molecular complexity index is 512. The van der Waals surface area contributed by atoms with E-state index in [4.69, 9.17) is 10.2 Å². The largest absolute Gasteiger partial charge is 0.478 e. The Balaban J connectivity index is 3.27. The normalized spacial score (nSPS) is 9.61. The van der Waals surface area contributed by atoms with E-state index in [1.54, 1.807) is 0 Å². The van der Waals surface area contributed by atoms with Crippen molar-refractivity contribution in [1.82, 2.24) is 0 Å². The number of carboxylic acids is 2. The molecule has 0 fully saturated rings. The molecule has 0 unspecified atom stereocenters. The summed E-state index contributed by atoms with van der Waals surface area (Å²) in [4.78, 5) is 43.5. The van der Waals surface area contributed by atoms with Crippen LogP contribution in [0, 0.1) is 0 Å². The van der Waals surface area contributed by atoms with E-state index >= 15 is 0 Å². The highest BCUT2D eigenvalue weighted by Gasteiger charge is 2.17. The molecular weight excluding hydrogens is 244 g/mol. The lowest BCUT2D eigenvalue weighted by Gasteiger charge is -2.04. The molecule has 18 heavy (non-hydrogen) atoms. The van der Waals surface area contributed by atoms with E-state index in [1.165, 1.54) is 0 Å². The number of rotatable bonds is 3. The second-order valence-corrected chi connectivity index (χ2v) is 3.29. The zero-order valence-electron chi connectivity index (χ0n) is 9.17. The fourth-order valence-corrected chi connectivity index (χ4v) is 1.18. The van der Waals surface area contributed by atoms with Gasteiger partial charge in [-0.2, -0.15) is 0 Å². The van der Waals surface area contributed by atoms with Crippen LogP contribution >= 0.6 is 0 Å². The Morgan fingerprint density at radius 2 is 1.28 bits per heavy atom. The van der Waals surface area contributed by atoms with Crippen molar-refractivity contribution in [1.29, 1.82) is 0 Å². The molecule has 2 N–H and O–H groups in total. The van der Waals surface area contributed by atoms with Gasteiger partial charge in [-0.3, -0.25) is 4.79 Å². The summed E-state index contributed by atoms with van der Waals surface area (Å²) in [6, 6.07) is 2.76. The molecule has 7 heteroatoms. The van der Waals surface area contributed by atoms with Crippen LogP contribution in [0.5, 0.6) is 0 Å². The third-order valence-corrected chi connectivity index (χ3v) is 1.90. The van der Waals surface area contributed by atoms with Crippen LogP contribution in [0.25, 0.3) is 0 Å². The van der Waals surface area contributed by atoms with Crippen molar-refractivity contribution in [2.75, 3.05) is 0 Å². The van der Waals surface area contributed by atoms with Crippen LogP contribution in [-0.4, -0.2) is 34.1 Å². The first-order chi connectivity index (χ1) is 8.31. The van der Waals surface area contributed by atoms with Crippen LogP contribution < -0.4 is 0 Å². The summed E-state index contributed by atoms with van der Waals surface area (Å²) in [7, 11) is 0. The Labute approximate surface area is 101 Å². The first-order valence-corrected chi connectivity index (χ1v) is 4.65. The standard InChI is InChI=1S/C11H8O7/c1-5(12)18-11(17)8-3-6(9(13)14)2-7(4-8)10(15)16/h2-4H,1H3,(H,13,14)(H,15,16). The van der Waals surface area contributed by atoms with E-state index < -0.39 is 23.9 Å². The molecular formula is C11H8O7. The Hall–Kier alpha value is -2.70. The third-order valence-electron chi connectivity index (χ3n) is 1.90. The van der Waals surface area contributed by atoms with Crippen LogP contribution in [0.4, 0.5) is 0 Å². The molecule has 0 bridgehead atoms. The zero-order chi connectivity index (χ0) is 13.9. The average Bonchev–Trinajstić information content (AvgIpc) is 2.27. The highest BCUT2D eigenvalue weighted by atomic mass is 16.6. The van der Waals surface area contributed by atoms with Gasteiger partial charge in [-0.15, -0.1) is 0 Å². The summed E-state index contributed by atoms with van der Waals surface area (Å²) in [6.07, 6.45) is 0. The van der Waals surface area contributed by atoms with Crippen LogP contribution in [-0.2, 0) is 9.53 Å². The maximum Gasteiger partial charge on any atom is 0.345 e. The monoisotopic (exact) mass is 252 g/mol. The minimum Gasteiger partial charge on any atom is -0.478 e. The van der Waals surface area contributed by atoms with Gasteiger partial charge in [-0.25, -0.2) is 14.4 Å². The van der Waals surface area contributed by atoms with Crippen LogP contribution in [0.15, 0.2) is 18.2 Å². The van der Waals surface area contributed by atoms with Crippen molar-refractivity contribution in [3.8, 4) is 0 Å². The topological polar surface area (TPSA) is 118 Å². The van der Waals surface area contributed by atoms with Gasteiger partial charge in [0.05, 0.1) is 16.7 Å². The van der Waals surface area contributed by atoms with Gasteiger partial charge >= 0.3 is 23.9 Å². The van der Waals surface area contributed by atoms with Crippen molar-refractivity contribution in [3.05, 3.63) is 34.9 Å². The van der Waals surface area contributed by atoms with Crippen LogP contribution in [0.2, 0.25) is 0 Å². The molecule has 0 saturated heterocycles. The highest BCUT2D eigenvalue weighted by molar-refractivity contribution is 6.01. The number of hydrogen-bond acceptors (Lipinski definition) is 5. The molecule has 0 radical (unpaired) electrons. The van der Waals surface area contributed by atoms with Gasteiger partial charge in [0.15, 0.2) is 0 Å². The number of esters is 2. The van der Waals surface area contributed by atoms with Crippen molar-refractivity contribution in [2.45, 2.75) is 6.92 Å². The number of hydrogen-bond donors (Lipinski definition) is 2. The van der Waals surface area contributed by atoms with Crippen molar-refractivity contribution >= 4 is 23.9 Å². The molecule has 94 valence electrons. The average molecular weight is 252 g/mol.